The van der Waals surface area contributed by atoms with Gasteiger partial charge < -0.3 is 26.4 Å². The summed E-state index contributed by atoms with van der Waals surface area (Å²) < 4.78 is 5.41. The molecule has 11 heteroatoms. The molecular weight excluding hydrogens is 448 g/mol. The highest BCUT2D eigenvalue weighted by Gasteiger charge is 2.29. The number of hydrogen-bond acceptors (Lipinski definition) is 9. The number of aromatic nitrogens is 4. The fraction of sp³-hybridized carbons (Fsp3) is 0.417. The Hall–Kier alpha value is -4.02. The average molecular weight is 479 g/mol. The lowest BCUT2D eigenvalue weighted by Gasteiger charge is -2.33. The number of rotatable bonds is 6. The fourth-order valence-electron chi connectivity index (χ4n) is 4.03. The number of nitrogens with two attached hydrogens (primary N) is 1. The number of ether oxygens (including phenoxy) is 1. The van der Waals surface area contributed by atoms with Gasteiger partial charge in [-0.25, -0.2) is 4.79 Å². The molecule has 2 aromatic heterocycles. The van der Waals surface area contributed by atoms with Gasteiger partial charge in [-0.3, -0.25) is 9.78 Å². The van der Waals surface area contributed by atoms with Crippen LogP contribution in [-0.4, -0.2) is 49.9 Å². The quantitative estimate of drug-likeness (QED) is 0.416. The van der Waals surface area contributed by atoms with Gasteiger partial charge in [0.25, 0.3) is 5.91 Å². The van der Waals surface area contributed by atoms with Crippen molar-refractivity contribution in [3.63, 3.8) is 0 Å². The molecule has 1 aromatic carbocycles. The lowest BCUT2D eigenvalue weighted by molar-refractivity contribution is 0.0488. The Morgan fingerprint density at radius 2 is 1.86 bits per heavy atom. The summed E-state index contributed by atoms with van der Waals surface area (Å²) in [5, 5.41) is 18.3. The van der Waals surface area contributed by atoms with Gasteiger partial charge in [0.15, 0.2) is 11.5 Å². The van der Waals surface area contributed by atoms with E-state index in [1.54, 1.807) is 6.20 Å². The molecule has 0 spiro atoms. The van der Waals surface area contributed by atoms with Crippen molar-refractivity contribution in [1.29, 1.82) is 0 Å². The first-order valence-corrected chi connectivity index (χ1v) is 11.6. The van der Waals surface area contributed by atoms with Crippen molar-refractivity contribution >= 4 is 40.4 Å². The van der Waals surface area contributed by atoms with Gasteiger partial charge in [-0.1, -0.05) is 18.9 Å². The lowest BCUT2D eigenvalue weighted by Crippen LogP contribution is -2.50. The number of benzene rings is 1. The van der Waals surface area contributed by atoms with Crippen LogP contribution < -0.4 is 21.7 Å². The summed E-state index contributed by atoms with van der Waals surface area (Å²) in [4.78, 5) is 33.1. The molecule has 2 atom stereocenters. The van der Waals surface area contributed by atoms with E-state index in [0.717, 1.165) is 36.6 Å². The molecule has 0 radical (unpaired) electrons. The molecule has 1 aliphatic rings. The van der Waals surface area contributed by atoms with Gasteiger partial charge >= 0.3 is 6.09 Å². The minimum Gasteiger partial charge on any atom is -0.444 e. The molecule has 0 aliphatic heterocycles. The zero-order chi connectivity index (χ0) is 25.0. The Kier molecular flexibility index (Phi) is 6.94. The van der Waals surface area contributed by atoms with E-state index in [2.05, 4.69) is 36.1 Å². The molecule has 35 heavy (non-hydrogen) atoms. The summed E-state index contributed by atoms with van der Waals surface area (Å²) in [6, 6.07) is 9.08. The van der Waals surface area contributed by atoms with E-state index in [0.29, 0.717) is 5.69 Å². The monoisotopic (exact) mass is 478 g/mol. The highest BCUT2D eigenvalue weighted by Crippen LogP contribution is 2.25. The second kappa shape index (κ2) is 10.1. The largest absolute Gasteiger partial charge is 0.444 e. The Balaban J connectivity index is 1.53. The molecule has 2 heterocycles. The Bertz CT molecular complexity index is 1230. The maximum atomic E-state index is 12.3. The molecular formula is C24H30N8O3. The maximum Gasteiger partial charge on any atom is 0.407 e. The van der Waals surface area contributed by atoms with Gasteiger partial charge in [-0.05, 0) is 57.9 Å². The molecule has 3 aromatic rings. The summed E-state index contributed by atoms with van der Waals surface area (Å²) in [7, 11) is 0. The number of amides is 2. The van der Waals surface area contributed by atoms with E-state index in [1.807, 2.05) is 51.1 Å². The smallest absolute Gasteiger partial charge is 0.407 e. The van der Waals surface area contributed by atoms with Crippen molar-refractivity contribution in [1.82, 2.24) is 25.5 Å². The summed E-state index contributed by atoms with van der Waals surface area (Å²) in [5.41, 5.74) is 6.39. The topological polar surface area (TPSA) is 157 Å². The van der Waals surface area contributed by atoms with Gasteiger partial charge in [0, 0.05) is 23.3 Å². The molecule has 184 valence electrons. The molecule has 0 bridgehead atoms. The third-order valence-corrected chi connectivity index (χ3v) is 5.57. The molecule has 0 unspecified atom stereocenters. The number of fused-ring (bicyclic) bond motifs is 1. The standard InChI is InChI=1S/C24H30N8O3/c1-24(2,3)35-23(34)29-18-9-5-4-8-17(18)28-22-30-21(19(20(25)33)31-32-22)27-15-10-11-16-14(13-15)7-6-12-26-16/h6-7,10-13,17-18H,4-5,8-9H2,1-3H3,(H2,25,33)(H,29,34)(H2,27,28,30,32)/t17-,18+/m1/s1. The Morgan fingerprint density at radius 3 is 2.60 bits per heavy atom. The molecule has 4 rings (SSSR count). The van der Waals surface area contributed by atoms with Crippen LogP contribution in [0.3, 0.4) is 0 Å². The first kappa shape index (κ1) is 24.1. The van der Waals surface area contributed by atoms with Crippen molar-refractivity contribution in [2.75, 3.05) is 10.6 Å². The molecule has 1 saturated carbocycles. The lowest BCUT2D eigenvalue weighted by atomic mass is 9.90. The Labute approximate surface area is 203 Å². The first-order chi connectivity index (χ1) is 16.7. The van der Waals surface area contributed by atoms with Crippen molar-refractivity contribution in [3.8, 4) is 0 Å². The second-order valence-electron chi connectivity index (χ2n) is 9.52. The van der Waals surface area contributed by atoms with Crippen LogP contribution in [-0.2, 0) is 4.74 Å². The number of hydrogen-bond donors (Lipinski definition) is 4. The van der Waals surface area contributed by atoms with E-state index in [1.165, 1.54) is 0 Å². The van der Waals surface area contributed by atoms with Gasteiger partial charge in [0.05, 0.1) is 11.6 Å². The molecule has 1 fully saturated rings. The molecule has 0 saturated heterocycles. The maximum absolute atomic E-state index is 12.3. The van der Waals surface area contributed by atoms with E-state index < -0.39 is 17.6 Å². The third kappa shape index (κ3) is 6.31. The summed E-state index contributed by atoms with van der Waals surface area (Å²) in [6.45, 7) is 5.47. The van der Waals surface area contributed by atoms with Crippen molar-refractivity contribution < 1.29 is 14.3 Å². The van der Waals surface area contributed by atoms with Gasteiger partial charge in [0.2, 0.25) is 5.95 Å². The summed E-state index contributed by atoms with van der Waals surface area (Å²) in [5.74, 6) is -0.336. The molecule has 2 amide bonds. The Morgan fingerprint density at radius 1 is 1.09 bits per heavy atom. The number of pyridine rings is 1. The van der Waals surface area contributed by atoms with Crippen LogP contribution in [0.5, 0.6) is 0 Å². The van der Waals surface area contributed by atoms with Crippen LogP contribution in [0, 0.1) is 0 Å². The number of carbonyl (C=O) groups is 2. The van der Waals surface area contributed by atoms with Crippen LogP contribution in [0.2, 0.25) is 0 Å². The van der Waals surface area contributed by atoms with E-state index in [9.17, 15) is 9.59 Å². The summed E-state index contributed by atoms with van der Waals surface area (Å²) >= 11 is 0. The number of nitrogens with zero attached hydrogens (tertiary/aromatic N) is 4. The predicted octanol–water partition coefficient (Wildman–Crippen LogP) is 3.51. The minimum absolute atomic E-state index is 0.0751. The van der Waals surface area contributed by atoms with E-state index in [4.69, 9.17) is 10.5 Å². The van der Waals surface area contributed by atoms with Crippen molar-refractivity contribution in [2.24, 2.45) is 5.73 Å². The minimum atomic E-state index is -0.747. The van der Waals surface area contributed by atoms with Crippen molar-refractivity contribution in [2.45, 2.75) is 64.1 Å². The highest BCUT2D eigenvalue weighted by atomic mass is 16.6. The first-order valence-electron chi connectivity index (χ1n) is 11.6. The predicted molar refractivity (Wildman–Crippen MR) is 132 cm³/mol. The number of anilines is 3. The number of nitrogens with one attached hydrogen (secondary N) is 3. The van der Waals surface area contributed by atoms with Gasteiger partial charge in [0.1, 0.15) is 5.60 Å². The molecule has 1 aliphatic carbocycles. The van der Waals surface area contributed by atoms with E-state index in [-0.39, 0.29) is 29.5 Å². The average Bonchev–Trinajstić information content (AvgIpc) is 2.79. The van der Waals surface area contributed by atoms with Gasteiger partial charge in [-0.15, -0.1) is 10.2 Å². The van der Waals surface area contributed by atoms with Crippen LogP contribution in [0.4, 0.5) is 22.2 Å². The van der Waals surface area contributed by atoms with Crippen LogP contribution in [0.25, 0.3) is 10.9 Å². The van der Waals surface area contributed by atoms with E-state index >= 15 is 0 Å². The van der Waals surface area contributed by atoms with Crippen molar-refractivity contribution in [3.05, 3.63) is 42.2 Å². The fourth-order valence-corrected chi connectivity index (χ4v) is 4.03. The molecule has 11 nitrogen and oxygen atoms in total. The van der Waals surface area contributed by atoms with Crippen LogP contribution in [0.15, 0.2) is 36.5 Å². The van der Waals surface area contributed by atoms with Crippen LogP contribution >= 0.6 is 0 Å². The highest BCUT2D eigenvalue weighted by molar-refractivity contribution is 5.96. The molecule has 5 N–H and O–H groups in total. The van der Waals surface area contributed by atoms with Gasteiger partial charge in [-0.2, -0.15) is 4.98 Å². The number of carbonyl (C=O) groups excluding carboxylic acids is 2. The zero-order valence-corrected chi connectivity index (χ0v) is 20.0. The third-order valence-electron chi connectivity index (χ3n) is 5.57. The number of primary amides is 1. The number of alkyl carbamates (subject to hydrolysis) is 1. The normalized spacial score (nSPS) is 18.0. The van der Waals surface area contributed by atoms with Crippen LogP contribution in [0.1, 0.15) is 56.9 Å². The summed E-state index contributed by atoms with van der Waals surface area (Å²) in [6.07, 6.45) is 4.84. The SMILES string of the molecule is CC(C)(C)OC(=O)N[C@H]1CCCC[C@H]1Nc1nnc(C(N)=O)c(Nc2ccc3ncccc3c2)n1. The zero-order valence-electron chi connectivity index (χ0n) is 20.0. The second-order valence-corrected chi connectivity index (χ2v) is 9.52.